The highest BCUT2D eigenvalue weighted by Crippen LogP contribution is 2.25. The van der Waals surface area contributed by atoms with Crippen molar-refractivity contribution in [3.05, 3.63) is 83.6 Å². The Labute approximate surface area is 155 Å². The van der Waals surface area contributed by atoms with Gasteiger partial charge in [0.1, 0.15) is 17.1 Å². The van der Waals surface area contributed by atoms with Crippen LogP contribution in [0.4, 0.5) is 0 Å². The Balaban J connectivity index is 1.87. The van der Waals surface area contributed by atoms with Crippen LogP contribution in [-0.4, -0.2) is 26.9 Å². The number of pyridine rings is 1. The molecule has 0 spiro atoms. The van der Waals surface area contributed by atoms with Crippen molar-refractivity contribution < 1.29 is 19.4 Å². The summed E-state index contributed by atoms with van der Waals surface area (Å²) in [6, 6.07) is 16.0. The van der Waals surface area contributed by atoms with Crippen molar-refractivity contribution in [1.82, 2.24) is 9.99 Å². The molecule has 0 atom stereocenters. The number of aromatic nitrogens is 1. The number of aryl methyl sites for hydroxylation is 1. The minimum Gasteiger partial charge on any atom is -0.507 e. The zero-order valence-corrected chi connectivity index (χ0v) is 14.5. The number of ether oxygens (including phenoxy) is 1. The van der Waals surface area contributed by atoms with E-state index in [1.807, 2.05) is 19.1 Å². The lowest BCUT2D eigenvalue weighted by atomic mass is 10.1. The van der Waals surface area contributed by atoms with E-state index in [-0.39, 0.29) is 22.8 Å². The van der Waals surface area contributed by atoms with Crippen LogP contribution in [0.3, 0.4) is 0 Å². The minimum atomic E-state index is -0.844. The topological polar surface area (TPSA) is 106 Å². The fourth-order valence-corrected chi connectivity index (χ4v) is 2.36. The summed E-state index contributed by atoms with van der Waals surface area (Å²) in [5, 5.41) is 10.2. The number of benzene rings is 2. The summed E-state index contributed by atoms with van der Waals surface area (Å²) in [5.74, 6) is 4.30. The molecule has 0 aliphatic rings. The summed E-state index contributed by atoms with van der Waals surface area (Å²) in [6.07, 6.45) is 1.46. The van der Waals surface area contributed by atoms with Gasteiger partial charge in [-0.05, 0) is 43.3 Å². The molecular formula is C20H17N3O4. The fourth-order valence-electron chi connectivity index (χ4n) is 2.36. The van der Waals surface area contributed by atoms with Crippen LogP contribution >= 0.6 is 0 Å². The van der Waals surface area contributed by atoms with Gasteiger partial charge < -0.3 is 9.84 Å². The van der Waals surface area contributed by atoms with Gasteiger partial charge in [0.2, 0.25) is 5.88 Å². The number of phenols is 1. The first-order valence-electron chi connectivity index (χ1n) is 8.08. The maximum atomic E-state index is 12.7. The van der Waals surface area contributed by atoms with Crippen LogP contribution in [0.25, 0.3) is 0 Å². The summed E-state index contributed by atoms with van der Waals surface area (Å²) in [7, 11) is 0. The highest BCUT2D eigenvalue weighted by molar-refractivity contribution is 6.11. The molecule has 3 aromatic rings. The second-order valence-corrected chi connectivity index (χ2v) is 5.77. The van der Waals surface area contributed by atoms with Gasteiger partial charge in [-0.2, -0.15) is 0 Å². The van der Waals surface area contributed by atoms with E-state index in [1.165, 1.54) is 30.5 Å². The molecule has 0 radical (unpaired) electrons. The largest absolute Gasteiger partial charge is 0.507 e. The van der Waals surface area contributed by atoms with Crippen molar-refractivity contribution >= 4 is 11.8 Å². The van der Waals surface area contributed by atoms with E-state index in [1.54, 1.807) is 24.3 Å². The Morgan fingerprint density at radius 1 is 0.963 bits per heavy atom. The Kier molecular flexibility index (Phi) is 5.14. The van der Waals surface area contributed by atoms with Crippen molar-refractivity contribution in [1.29, 1.82) is 0 Å². The molecular weight excluding hydrogens is 346 g/mol. The molecule has 7 heteroatoms. The molecule has 0 aliphatic heterocycles. The number of phenolic OH excluding ortho intramolecular Hbond substituents is 1. The number of aromatic hydroxyl groups is 1. The van der Waals surface area contributed by atoms with E-state index in [0.29, 0.717) is 10.8 Å². The number of hydrazine groups is 1. The molecule has 0 saturated carbocycles. The molecule has 1 aromatic heterocycles. The molecule has 0 unspecified atom stereocenters. The SMILES string of the molecule is Cc1ccc(Oc2ncccc2C(=O)N(N)C(=O)c2ccccc2O)cc1. The summed E-state index contributed by atoms with van der Waals surface area (Å²) >= 11 is 0. The van der Waals surface area contributed by atoms with Gasteiger partial charge in [-0.1, -0.05) is 29.8 Å². The van der Waals surface area contributed by atoms with E-state index in [0.717, 1.165) is 5.56 Å². The third kappa shape index (κ3) is 3.94. The summed E-state index contributed by atoms with van der Waals surface area (Å²) in [5.41, 5.74) is 0.989. The average molecular weight is 363 g/mol. The van der Waals surface area contributed by atoms with E-state index in [9.17, 15) is 14.7 Å². The average Bonchev–Trinajstić information content (AvgIpc) is 2.69. The predicted molar refractivity (Wildman–Crippen MR) is 98.3 cm³/mol. The van der Waals surface area contributed by atoms with Crippen LogP contribution < -0.4 is 10.6 Å². The van der Waals surface area contributed by atoms with Crippen molar-refractivity contribution in [3.63, 3.8) is 0 Å². The molecule has 2 amide bonds. The molecule has 0 aliphatic carbocycles. The fraction of sp³-hybridized carbons (Fsp3) is 0.0500. The number of rotatable bonds is 4. The molecule has 0 bridgehead atoms. The van der Waals surface area contributed by atoms with Gasteiger partial charge in [0.25, 0.3) is 11.8 Å². The van der Waals surface area contributed by atoms with Gasteiger partial charge in [0, 0.05) is 6.20 Å². The number of hydrogen-bond donors (Lipinski definition) is 2. The maximum absolute atomic E-state index is 12.7. The van der Waals surface area contributed by atoms with Crippen LogP contribution in [0.2, 0.25) is 0 Å². The number of para-hydroxylation sites is 1. The zero-order chi connectivity index (χ0) is 19.4. The van der Waals surface area contributed by atoms with E-state index in [4.69, 9.17) is 10.6 Å². The number of amides is 2. The Morgan fingerprint density at radius 3 is 2.30 bits per heavy atom. The van der Waals surface area contributed by atoms with Gasteiger partial charge in [-0.25, -0.2) is 15.8 Å². The molecule has 3 N–H and O–H groups in total. The number of nitrogens with two attached hydrogens (primary N) is 1. The van der Waals surface area contributed by atoms with E-state index < -0.39 is 11.8 Å². The normalized spacial score (nSPS) is 10.3. The molecule has 0 saturated heterocycles. The van der Waals surface area contributed by atoms with Crippen LogP contribution in [0.5, 0.6) is 17.4 Å². The molecule has 1 heterocycles. The standard InChI is InChI=1S/C20H17N3O4/c1-13-8-10-14(11-9-13)27-18-16(6-4-12-22-18)20(26)23(21)19(25)15-5-2-3-7-17(15)24/h2-12,24H,21H2,1H3. The molecule has 0 fully saturated rings. The van der Waals surface area contributed by atoms with Gasteiger partial charge in [0.05, 0.1) is 5.56 Å². The van der Waals surface area contributed by atoms with Gasteiger partial charge in [-0.3, -0.25) is 9.59 Å². The highest BCUT2D eigenvalue weighted by atomic mass is 16.5. The number of carbonyl (C=O) groups is 2. The third-order valence-corrected chi connectivity index (χ3v) is 3.81. The van der Waals surface area contributed by atoms with Gasteiger partial charge in [0.15, 0.2) is 0 Å². The van der Waals surface area contributed by atoms with Crippen LogP contribution in [-0.2, 0) is 0 Å². The van der Waals surface area contributed by atoms with E-state index in [2.05, 4.69) is 4.98 Å². The lowest BCUT2D eigenvalue weighted by molar-refractivity contribution is 0.0612. The van der Waals surface area contributed by atoms with Crippen LogP contribution in [0.1, 0.15) is 26.3 Å². The number of nitrogens with zero attached hydrogens (tertiary/aromatic N) is 2. The van der Waals surface area contributed by atoms with Crippen molar-refractivity contribution in [3.8, 4) is 17.4 Å². The summed E-state index contributed by atoms with van der Waals surface area (Å²) in [6.45, 7) is 1.94. The van der Waals surface area contributed by atoms with Crippen molar-refractivity contribution in [2.45, 2.75) is 6.92 Å². The maximum Gasteiger partial charge on any atom is 0.280 e. The van der Waals surface area contributed by atoms with E-state index >= 15 is 0 Å². The predicted octanol–water partition coefficient (Wildman–Crippen LogP) is 3.04. The van der Waals surface area contributed by atoms with Crippen LogP contribution in [0.15, 0.2) is 66.9 Å². The Bertz CT molecular complexity index is 987. The molecule has 136 valence electrons. The smallest absolute Gasteiger partial charge is 0.280 e. The number of hydrogen-bond acceptors (Lipinski definition) is 6. The molecule has 27 heavy (non-hydrogen) atoms. The summed E-state index contributed by atoms with van der Waals surface area (Å²) in [4.78, 5) is 29.2. The molecule has 7 nitrogen and oxygen atoms in total. The second-order valence-electron chi connectivity index (χ2n) is 5.77. The first-order valence-corrected chi connectivity index (χ1v) is 8.08. The Hall–Kier alpha value is -3.71. The molecule has 3 rings (SSSR count). The zero-order valence-electron chi connectivity index (χ0n) is 14.5. The highest BCUT2D eigenvalue weighted by Gasteiger charge is 2.26. The lowest BCUT2D eigenvalue weighted by Gasteiger charge is -2.17. The summed E-state index contributed by atoms with van der Waals surface area (Å²) < 4.78 is 5.67. The molecule has 2 aromatic carbocycles. The first kappa shape index (κ1) is 18.1. The van der Waals surface area contributed by atoms with Crippen LogP contribution in [0, 0.1) is 6.92 Å². The third-order valence-electron chi connectivity index (χ3n) is 3.81. The van der Waals surface area contributed by atoms with Crippen molar-refractivity contribution in [2.75, 3.05) is 0 Å². The Morgan fingerprint density at radius 2 is 1.59 bits per heavy atom. The number of imide groups is 1. The quantitative estimate of drug-likeness (QED) is 0.319. The number of carbonyl (C=O) groups excluding carboxylic acids is 2. The first-order chi connectivity index (χ1) is 13.0. The van der Waals surface area contributed by atoms with Crippen molar-refractivity contribution in [2.24, 2.45) is 5.84 Å². The van der Waals surface area contributed by atoms with Gasteiger partial charge >= 0.3 is 0 Å². The minimum absolute atomic E-state index is 0.0179. The van der Waals surface area contributed by atoms with Gasteiger partial charge in [-0.15, -0.1) is 0 Å². The monoisotopic (exact) mass is 363 g/mol. The second kappa shape index (κ2) is 7.67. The lowest BCUT2D eigenvalue weighted by Crippen LogP contribution is -2.42.